The van der Waals surface area contributed by atoms with Crippen molar-refractivity contribution in [1.29, 1.82) is 0 Å². The second-order valence-electron chi connectivity index (χ2n) is 13.0. The Balaban J connectivity index is 1.31. The van der Waals surface area contributed by atoms with Crippen molar-refractivity contribution in [3.8, 4) is 11.3 Å². The Kier molecular flexibility index (Phi) is 6.25. The van der Waals surface area contributed by atoms with Gasteiger partial charge in [-0.3, -0.25) is 4.79 Å². The summed E-state index contributed by atoms with van der Waals surface area (Å²) in [6.45, 7) is 8.61. The molecular formula is C31H43N3O3. The lowest BCUT2D eigenvalue weighted by atomic mass is 9.44. The highest BCUT2D eigenvalue weighted by atomic mass is 16.5. The number of ether oxygens (including phenoxy) is 1. The fourth-order valence-electron chi connectivity index (χ4n) is 9.51. The summed E-state index contributed by atoms with van der Waals surface area (Å²) in [4.78, 5) is 11.8. The molecule has 0 radical (unpaired) electrons. The van der Waals surface area contributed by atoms with Crippen molar-refractivity contribution in [2.75, 3.05) is 0 Å². The molecule has 0 aliphatic heterocycles. The number of hydrogen-bond donors (Lipinski definition) is 1. The zero-order valence-corrected chi connectivity index (χ0v) is 22.9. The second kappa shape index (κ2) is 9.21. The summed E-state index contributed by atoms with van der Waals surface area (Å²) in [6.07, 6.45) is 11.4. The minimum absolute atomic E-state index is 0.0578. The topological polar surface area (TPSA) is 77.2 Å². The SMILES string of the molecule is CCc1ccc(-c2cn([C@H]3C[C@H](O)C[C@@H]4CC[C@H]5[C@@H]6CC[C@H](OC(C)=O)[C@@]6(C)CC[C@@H]5[C@]43C)nn2)cc1. The second-order valence-corrected chi connectivity index (χ2v) is 13.0. The number of aliphatic hydroxyl groups excluding tert-OH is 1. The van der Waals surface area contributed by atoms with Crippen molar-refractivity contribution in [3.05, 3.63) is 36.0 Å². The van der Waals surface area contributed by atoms with Gasteiger partial charge in [0.25, 0.3) is 0 Å². The highest BCUT2D eigenvalue weighted by Crippen LogP contribution is 2.68. The molecule has 4 saturated carbocycles. The van der Waals surface area contributed by atoms with E-state index in [1.807, 2.05) is 0 Å². The first-order chi connectivity index (χ1) is 17.7. The van der Waals surface area contributed by atoms with Gasteiger partial charge in [-0.1, -0.05) is 50.3 Å². The molecule has 1 heterocycles. The Labute approximate surface area is 221 Å². The Morgan fingerprint density at radius 2 is 1.86 bits per heavy atom. The van der Waals surface area contributed by atoms with Gasteiger partial charge in [0.1, 0.15) is 11.8 Å². The maximum Gasteiger partial charge on any atom is 0.302 e. The summed E-state index contributed by atoms with van der Waals surface area (Å²) in [5.41, 5.74) is 3.48. The van der Waals surface area contributed by atoms with Crippen LogP contribution in [-0.4, -0.2) is 38.3 Å². The third-order valence-corrected chi connectivity index (χ3v) is 11.4. The van der Waals surface area contributed by atoms with E-state index in [0.717, 1.165) is 62.6 Å². The van der Waals surface area contributed by atoms with Crippen molar-refractivity contribution in [2.24, 2.45) is 34.5 Å². The van der Waals surface area contributed by atoms with Gasteiger partial charge in [-0.05, 0) is 92.4 Å². The van der Waals surface area contributed by atoms with Crippen molar-refractivity contribution < 1.29 is 14.6 Å². The first kappa shape index (κ1) is 25.1. The van der Waals surface area contributed by atoms with E-state index in [1.165, 1.54) is 12.0 Å². The predicted octanol–water partition coefficient (Wildman–Crippen LogP) is 5.99. The summed E-state index contributed by atoms with van der Waals surface area (Å²) in [5, 5.41) is 20.3. The molecule has 6 nitrogen and oxygen atoms in total. The van der Waals surface area contributed by atoms with Crippen LogP contribution in [0.5, 0.6) is 0 Å². The van der Waals surface area contributed by atoms with E-state index in [-0.39, 0.29) is 35.0 Å². The van der Waals surface area contributed by atoms with E-state index in [9.17, 15) is 9.90 Å². The van der Waals surface area contributed by atoms with Gasteiger partial charge in [-0.2, -0.15) is 0 Å². The first-order valence-corrected chi connectivity index (χ1v) is 14.6. The van der Waals surface area contributed by atoms with Crippen LogP contribution in [0.25, 0.3) is 11.3 Å². The van der Waals surface area contributed by atoms with Crippen LogP contribution >= 0.6 is 0 Å². The van der Waals surface area contributed by atoms with E-state index in [4.69, 9.17) is 9.95 Å². The molecule has 6 heteroatoms. The van der Waals surface area contributed by atoms with Gasteiger partial charge in [0.15, 0.2) is 0 Å². The highest BCUT2D eigenvalue weighted by Gasteiger charge is 2.63. The van der Waals surface area contributed by atoms with Crippen LogP contribution in [0.4, 0.5) is 0 Å². The third-order valence-electron chi connectivity index (χ3n) is 11.4. The van der Waals surface area contributed by atoms with Gasteiger partial charge in [0.05, 0.1) is 18.3 Å². The molecule has 2 aromatic rings. The zero-order chi connectivity index (χ0) is 25.9. The Morgan fingerprint density at radius 1 is 1.08 bits per heavy atom. The predicted molar refractivity (Wildman–Crippen MR) is 143 cm³/mol. The fraction of sp³-hybridized carbons (Fsp3) is 0.710. The molecule has 200 valence electrons. The zero-order valence-electron chi connectivity index (χ0n) is 22.9. The van der Waals surface area contributed by atoms with E-state index in [1.54, 1.807) is 6.92 Å². The van der Waals surface area contributed by atoms with E-state index in [0.29, 0.717) is 23.7 Å². The van der Waals surface area contributed by atoms with Gasteiger partial charge in [0.2, 0.25) is 0 Å². The van der Waals surface area contributed by atoms with Crippen LogP contribution in [0, 0.1) is 34.5 Å². The first-order valence-electron chi connectivity index (χ1n) is 14.6. The van der Waals surface area contributed by atoms with Crippen LogP contribution in [0.2, 0.25) is 0 Å². The molecule has 4 fully saturated rings. The number of aryl methyl sites for hydroxylation is 1. The number of aromatic nitrogens is 3. The number of fused-ring (bicyclic) bond motifs is 5. The molecule has 0 bridgehead atoms. The largest absolute Gasteiger partial charge is 0.462 e. The van der Waals surface area contributed by atoms with Gasteiger partial charge < -0.3 is 9.84 Å². The summed E-state index contributed by atoms with van der Waals surface area (Å²) in [5.74, 6) is 2.19. The number of nitrogens with zero attached hydrogens (tertiary/aromatic N) is 3. The molecule has 0 unspecified atom stereocenters. The van der Waals surface area contributed by atoms with Crippen LogP contribution in [0.15, 0.2) is 30.5 Å². The molecule has 4 aliphatic carbocycles. The van der Waals surface area contributed by atoms with Gasteiger partial charge >= 0.3 is 5.97 Å². The molecule has 37 heavy (non-hydrogen) atoms. The minimum atomic E-state index is -0.287. The maximum absolute atomic E-state index is 11.8. The smallest absolute Gasteiger partial charge is 0.302 e. The van der Waals surface area contributed by atoms with Crippen molar-refractivity contribution in [3.63, 3.8) is 0 Å². The summed E-state index contributed by atoms with van der Waals surface area (Å²) in [7, 11) is 0. The number of benzene rings is 1. The average Bonchev–Trinajstić information content (AvgIpc) is 3.49. The lowest BCUT2D eigenvalue weighted by Gasteiger charge is -2.62. The van der Waals surface area contributed by atoms with E-state index >= 15 is 0 Å². The number of esters is 1. The average molecular weight is 506 g/mol. The summed E-state index contributed by atoms with van der Waals surface area (Å²) >= 11 is 0. The Hall–Kier alpha value is -2.21. The highest BCUT2D eigenvalue weighted by molar-refractivity contribution is 5.66. The quantitative estimate of drug-likeness (QED) is 0.516. The maximum atomic E-state index is 11.8. The van der Waals surface area contributed by atoms with Gasteiger partial charge in [-0.25, -0.2) is 4.68 Å². The number of carbonyl (C=O) groups excluding carboxylic acids is 1. The molecule has 1 aromatic heterocycles. The van der Waals surface area contributed by atoms with Crippen LogP contribution < -0.4 is 0 Å². The third kappa shape index (κ3) is 3.97. The molecule has 1 aromatic carbocycles. The fourth-order valence-corrected chi connectivity index (χ4v) is 9.51. The summed E-state index contributed by atoms with van der Waals surface area (Å²) < 4.78 is 7.97. The lowest BCUT2D eigenvalue weighted by molar-refractivity contribution is -0.171. The normalized spacial score (nSPS) is 40.9. The summed E-state index contributed by atoms with van der Waals surface area (Å²) in [6, 6.07) is 8.77. The number of hydrogen-bond acceptors (Lipinski definition) is 5. The molecule has 9 atom stereocenters. The lowest BCUT2D eigenvalue weighted by Crippen LogP contribution is -2.58. The molecular weight excluding hydrogens is 462 g/mol. The van der Waals surface area contributed by atoms with E-state index in [2.05, 4.69) is 61.0 Å². The molecule has 1 N–H and O–H groups in total. The van der Waals surface area contributed by atoms with Crippen LogP contribution in [0.3, 0.4) is 0 Å². The number of carbonyl (C=O) groups is 1. The van der Waals surface area contributed by atoms with Crippen molar-refractivity contribution in [1.82, 2.24) is 15.0 Å². The molecule has 6 rings (SSSR count). The van der Waals surface area contributed by atoms with E-state index < -0.39 is 0 Å². The van der Waals surface area contributed by atoms with Gasteiger partial charge in [-0.15, -0.1) is 5.10 Å². The van der Waals surface area contributed by atoms with Crippen LogP contribution in [0.1, 0.15) is 90.7 Å². The Morgan fingerprint density at radius 3 is 2.59 bits per heavy atom. The molecule has 0 saturated heterocycles. The van der Waals surface area contributed by atoms with Crippen molar-refractivity contribution in [2.45, 2.75) is 104 Å². The standard InChI is InChI=1S/C31H43N3O3/c1-5-20-6-8-21(9-7-20)27-18-34(33-32-27)28-17-23(36)16-22-10-11-24-25-12-13-29(37-19(2)35)30(25,3)15-14-26(24)31(22,28)4/h6-9,18,22-26,28-29,36H,5,10-17H2,1-4H3/t22-,23+,24-,25-,26-,28-,29-,30-,31-/m0/s1. The monoisotopic (exact) mass is 505 g/mol. The molecule has 0 spiro atoms. The molecule has 0 amide bonds. The van der Waals surface area contributed by atoms with Crippen LogP contribution in [-0.2, 0) is 16.0 Å². The van der Waals surface area contributed by atoms with Gasteiger partial charge in [0, 0.05) is 17.9 Å². The Bertz CT molecular complexity index is 1140. The van der Waals surface area contributed by atoms with Crippen molar-refractivity contribution >= 4 is 5.97 Å². The number of aliphatic hydroxyl groups is 1. The molecule has 4 aliphatic rings. The number of rotatable bonds is 4. The minimum Gasteiger partial charge on any atom is -0.462 e.